The Hall–Kier alpha value is -2.45. The fourth-order valence-electron chi connectivity index (χ4n) is 4.00. The standard InChI is InChI=1S/C18H24N6O2/c1-4-24-17-19-15-14(22(17)10-12(2)20-24)16(25)23(18(26)21(15)3)11-13-8-6-5-7-9-13/h5-9,14-15,17,19H,4,10-11H2,1-3H3. The highest BCUT2D eigenvalue weighted by Gasteiger charge is 2.56. The lowest BCUT2D eigenvalue weighted by molar-refractivity contribution is -0.139. The number of nitrogens with zero attached hydrogens (tertiary/aromatic N) is 5. The summed E-state index contributed by atoms with van der Waals surface area (Å²) in [6, 6.07) is 8.93. The highest BCUT2D eigenvalue weighted by Crippen LogP contribution is 2.30. The molecule has 138 valence electrons. The van der Waals surface area contributed by atoms with Gasteiger partial charge in [0.25, 0.3) is 5.91 Å². The summed E-state index contributed by atoms with van der Waals surface area (Å²) in [5, 5.41) is 9.92. The van der Waals surface area contributed by atoms with Gasteiger partial charge in [0.1, 0.15) is 12.2 Å². The maximum atomic E-state index is 13.3. The van der Waals surface area contributed by atoms with Gasteiger partial charge < -0.3 is 4.90 Å². The third-order valence-electron chi connectivity index (χ3n) is 5.26. The first-order valence-corrected chi connectivity index (χ1v) is 8.96. The molecule has 1 N–H and O–H groups in total. The normalized spacial score (nSPS) is 29.0. The van der Waals surface area contributed by atoms with E-state index in [0.717, 1.165) is 17.8 Å². The molecule has 3 heterocycles. The quantitative estimate of drug-likeness (QED) is 0.862. The maximum Gasteiger partial charge on any atom is 0.328 e. The summed E-state index contributed by atoms with van der Waals surface area (Å²) < 4.78 is 0. The summed E-state index contributed by atoms with van der Waals surface area (Å²) >= 11 is 0. The lowest BCUT2D eigenvalue weighted by Crippen LogP contribution is -2.66. The molecular weight excluding hydrogens is 332 g/mol. The molecule has 3 unspecified atom stereocenters. The summed E-state index contributed by atoms with van der Waals surface area (Å²) in [4.78, 5) is 31.2. The first kappa shape index (κ1) is 17.0. The molecule has 8 nitrogen and oxygen atoms in total. The van der Waals surface area contributed by atoms with Crippen molar-refractivity contribution in [1.82, 2.24) is 25.0 Å². The molecule has 0 saturated carbocycles. The van der Waals surface area contributed by atoms with Crippen molar-refractivity contribution in [1.29, 1.82) is 0 Å². The fourth-order valence-corrected chi connectivity index (χ4v) is 4.00. The Morgan fingerprint density at radius 3 is 2.65 bits per heavy atom. The van der Waals surface area contributed by atoms with Gasteiger partial charge in [-0.25, -0.2) is 9.69 Å². The smallest absolute Gasteiger partial charge is 0.310 e. The van der Waals surface area contributed by atoms with Gasteiger partial charge in [0.05, 0.1) is 6.54 Å². The van der Waals surface area contributed by atoms with Crippen molar-refractivity contribution >= 4 is 17.6 Å². The number of urea groups is 1. The molecule has 4 rings (SSSR count). The van der Waals surface area contributed by atoms with Gasteiger partial charge in [-0.1, -0.05) is 30.3 Å². The molecule has 0 aliphatic carbocycles. The number of imide groups is 1. The maximum absolute atomic E-state index is 13.3. The molecule has 0 bridgehead atoms. The van der Waals surface area contributed by atoms with Gasteiger partial charge >= 0.3 is 6.03 Å². The Balaban J connectivity index is 1.64. The van der Waals surface area contributed by atoms with Crippen molar-refractivity contribution in [2.45, 2.75) is 38.9 Å². The van der Waals surface area contributed by atoms with E-state index >= 15 is 0 Å². The second-order valence-corrected chi connectivity index (χ2v) is 7.00. The summed E-state index contributed by atoms with van der Waals surface area (Å²) in [6.07, 6.45) is -0.517. The van der Waals surface area contributed by atoms with Crippen molar-refractivity contribution in [3.05, 3.63) is 35.9 Å². The van der Waals surface area contributed by atoms with E-state index in [2.05, 4.69) is 15.3 Å². The molecule has 8 heteroatoms. The molecule has 2 saturated heterocycles. The molecule has 0 aromatic heterocycles. The van der Waals surface area contributed by atoms with E-state index in [1.54, 1.807) is 11.9 Å². The minimum absolute atomic E-state index is 0.150. The van der Waals surface area contributed by atoms with Crippen LogP contribution in [0.4, 0.5) is 4.79 Å². The van der Waals surface area contributed by atoms with Crippen LogP contribution in [-0.2, 0) is 11.3 Å². The van der Waals surface area contributed by atoms with Gasteiger partial charge in [0.15, 0.2) is 6.29 Å². The number of hydrogen-bond donors (Lipinski definition) is 1. The van der Waals surface area contributed by atoms with Crippen LogP contribution in [0.2, 0.25) is 0 Å². The van der Waals surface area contributed by atoms with Crippen LogP contribution in [0.25, 0.3) is 0 Å². The van der Waals surface area contributed by atoms with Crippen molar-refractivity contribution < 1.29 is 9.59 Å². The van der Waals surface area contributed by atoms with E-state index in [1.807, 2.05) is 49.2 Å². The van der Waals surface area contributed by atoms with Crippen molar-refractivity contribution in [3.63, 3.8) is 0 Å². The first-order valence-electron chi connectivity index (χ1n) is 8.96. The van der Waals surface area contributed by atoms with Gasteiger partial charge in [-0.15, -0.1) is 0 Å². The van der Waals surface area contributed by atoms with E-state index < -0.39 is 6.04 Å². The van der Waals surface area contributed by atoms with E-state index in [-0.39, 0.29) is 30.9 Å². The van der Waals surface area contributed by atoms with Crippen LogP contribution in [0.5, 0.6) is 0 Å². The third kappa shape index (κ3) is 2.57. The minimum Gasteiger partial charge on any atom is -0.310 e. The van der Waals surface area contributed by atoms with Gasteiger partial charge in [-0.05, 0) is 19.4 Å². The average molecular weight is 356 g/mol. The van der Waals surface area contributed by atoms with Crippen LogP contribution in [-0.4, -0.2) is 76.0 Å². The average Bonchev–Trinajstić information content (AvgIpc) is 3.03. The highest BCUT2D eigenvalue weighted by atomic mass is 16.2. The van der Waals surface area contributed by atoms with Crippen LogP contribution < -0.4 is 5.32 Å². The number of fused-ring (bicyclic) bond motifs is 3. The van der Waals surface area contributed by atoms with Gasteiger partial charge in [-0.3, -0.25) is 20.0 Å². The lowest BCUT2D eigenvalue weighted by atomic mass is 10.1. The predicted molar refractivity (Wildman–Crippen MR) is 96.8 cm³/mol. The van der Waals surface area contributed by atoms with Crippen molar-refractivity contribution in [3.8, 4) is 0 Å². The van der Waals surface area contributed by atoms with E-state index in [1.165, 1.54) is 4.90 Å². The lowest BCUT2D eigenvalue weighted by Gasteiger charge is -2.42. The predicted octanol–water partition coefficient (Wildman–Crippen LogP) is 0.676. The van der Waals surface area contributed by atoms with Gasteiger partial charge in [0, 0.05) is 25.8 Å². The molecular formula is C18H24N6O2. The van der Waals surface area contributed by atoms with Gasteiger partial charge in [-0.2, -0.15) is 5.10 Å². The van der Waals surface area contributed by atoms with Crippen molar-refractivity contribution in [2.75, 3.05) is 20.1 Å². The molecule has 26 heavy (non-hydrogen) atoms. The Kier molecular flexibility index (Phi) is 4.16. The zero-order valence-electron chi connectivity index (χ0n) is 15.3. The molecule has 1 aromatic carbocycles. The third-order valence-corrected chi connectivity index (χ3v) is 5.26. The number of hydrogen-bond acceptors (Lipinski definition) is 6. The van der Waals surface area contributed by atoms with Crippen LogP contribution in [0.1, 0.15) is 19.4 Å². The zero-order chi connectivity index (χ0) is 18.4. The second kappa shape index (κ2) is 6.37. The Bertz CT molecular complexity index is 751. The molecule has 2 fully saturated rings. The summed E-state index contributed by atoms with van der Waals surface area (Å²) in [7, 11) is 1.75. The fraction of sp³-hybridized carbons (Fsp3) is 0.500. The minimum atomic E-state index is -0.411. The number of carbonyl (C=O) groups excluding carboxylic acids is 2. The SMILES string of the molecule is CCN1N=C(C)CN2C3C(=O)N(Cc4ccccc4)C(=O)N(C)C3NC12. The van der Waals surface area contributed by atoms with E-state index in [0.29, 0.717) is 6.54 Å². The molecule has 3 aliphatic rings. The number of likely N-dealkylation sites (N-methyl/N-ethyl adjacent to an activating group) is 1. The van der Waals surface area contributed by atoms with Crippen LogP contribution in [0.3, 0.4) is 0 Å². The second-order valence-electron chi connectivity index (χ2n) is 7.00. The molecule has 3 amide bonds. The summed E-state index contributed by atoms with van der Waals surface area (Å²) in [5.41, 5.74) is 1.91. The Morgan fingerprint density at radius 2 is 1.96 bits per heavy atom. The number of benzene rings is 1. The Labute approximate surface area is 153 Å². The molecule has 0 radical (unpaired) electrons. The first-order chi connectivity index (χ1) is 12.5. The number of amides is 3. The van der Waals surface area contributed by atoms with Crippen LogP contribution in [0, 0.1) is 0 Å². The summed E-state index contributed by atoms with van der Waals surface area (Å²) in [5.74, 6) is -0.150. The Morgan fingerprint density at radius 1 is 1.23 bits per heavy atom. The van der Waals surface area contributed by atoms with Crippen LogP contribution in [0.15, 0.2) is 35.4 Å². The monoisotopic (exact) mass is 356 g/mol. The molecule has 3 aliphatic heterocycles. The summed E-state index contributed by atoms with van der Waals surface area (Å²) in [6.45, 7) is 5.63. The van der Waals surface area contributed by atoms with Gasteiger partial charge in [0.2, 0.25) is 0 Å². The number of nitrogens with one attached hydrogen (secondary N) is 1. The topological polar surface area (TPSA) is 71.5 Å². The number of carbonyl (C=O) groups is 2. The van der Waals surface area contributed by atoms with Crippen molar-refractivity contribution in [2.24, 2.45) is 5.10 Å². The highest BCUT2D eigenvalue weighted by molar-refractivity contribution is 6.01. The largest absolute Gasteiger partial charge is 0.328 e. The van der Waals surface area contributed by atoms with E-state index in [9.17, 15) is 9.59 Å². The molecule has 0 spiro atoms. The number of rotatable bonds is 3. The molecule has 1 aromatic rings. The zero-order valence-corrected chi connectivity index (χ0v) is 15.3. The molecule has 3 atom stereocenters. The van der Waals surface area contributed by atoms with E-state index in [4.69, 9.17) is 0 Å². The number of hydrazone groups is 1. The van der Waals surface area contributed by atoms with Crippen LogP contribution >= 0.6 is 0 Å².